The minimum Gasteiger partial charge on any atom is -0.506 e. The first-order valence-electron chi connectivity index (χ1n) is 6.25. The predicted molar refractivity (Wildman–Crippen MR) is 82.8 cm³/mol. The van der Waals surface area contributed by atoms with E-state index in [0.29, 0.717) is 9.90 Å². The fourth-order valence-electron chi connectivity index (χ4n) is 1.97. The Labute approximate surface area is 135 Å². The van der Waals surface area contributed by atoms with E-state index in [2.05, 4.69) is 4.74 Å². The molecule has 2 N–H and O–H groups in total. The molecule has 0 aliphatic carbocycles. The molecule has 0 saturated carbocycles. The maximum absolute atomic E-state index is 12.3. The van der Waals surface area contributed by atoms with Crippen LogP contribution in [-0.4, -0.2) is 29.1 Å². The molecule has 1 aromatic heterocycles. The minimum absolute atomic E-state index is 0.0119. The molecule has 7 heteroatoms. The molecule has 5 nitrogen and oxygen atoms in total. The highest BCUT2D eigenvalue weighted by molar-refractivity contribution is 7.12. The van der Waals surface area contributed by atoms with E-state index >= 15 is 0 Å². The van der Waals surface area contributed by atoms with Gasteiger partial charge in [-0.05, 0) is 31.2 Å². The summed E-state index contributed by atoms with van der Waals surface area (Å²) < 4.78 is 4.58. The van der Waals surface area contributed by atoms with Gasteiger partial charge in [-0.2, -0.15) is 0 Å². The van der Waals surface area contributed by atoms with E-state index in [1.54, 1.807) is 6.92 Å². The highest BCUT2D eigenvalue weighted by Gasteiger charge is 2.29. The molecule has 1 heterocycles. The highest BCUT2D eigenvalue weighted by Crippen LogP contribution is 2.39. The summed E-state index contributed by atoms with van der Waals surface area (Å²) in [4.78, 5) is 24.3. The summed E-state index contributed by atoms with van der Waals surface area (Å²) in [5.74, 6) is -1.74. The van der Waals surface area contributed by atoms with Crippen LogP contribution >= 0.6 is 22.9 Å². The van der Waals surface area contributed by atoms with E-state index in [-0.39, 0.29) is 16.0 Å². The molecule has 0 amide bonds. The third-order valence-electron chi connectivity index (χ3n) is 3.10. The molecule has 22 heavy (non-hydrogen) atoms. The molecule has 116 valence electrons. The number of ether oxygens (including phenoxy) is 1. The van der Waals surface area contributed by atoms with Crippen LogP contribution in [0.5, 0.6) is 5.75 Å². The molecule has 0 aliphatic rings. The number of carbonyl (C=O) groups excluding carboxylic acids is 2. The summed E-state index contributed by atoms with van der Waals surface area (Å²) in [6.45, 7) is 1.60. The third kappa shape index (κ3) is 2.99. The number of Topliss-reactive ketones (excluding diaryl/α,β-unsaturated/α-hetero) is 1. The lowest BCUT2D eigenvalue weighted by molar-refractivity contribution is 0.0595. The number of aromatic hydroxyl groups is 1. The van der Waals surface area contributed by atoms with Crippen molar-refractivity contribution < 1.29 is 24.5 Å². The van der Waals surface area contributed by atoms with Gasteiger partial charge in [-0.25, -0.2) is 4.79 Å². The number of benzene rings is 1. The van der Waals surface area contributed by atoms with Crippen molar-refractivity contribution in [3.05, 3.63) is 50.2 Å². The van der Waals surface area contributed by atoms with Crippen LogP contribution in [0.1, 0.15) is 36.6 Å². The lowest BCUT2D eigenvalue weighted by Gasteiger charge is -2.08. The summed E-state index contributed by atoms with van der Waals surface area (Å²) in [7, 11) is 1.19. The predicted octanol–water partition coefficient (Wildman–Crippen LogP) is 3.12. The number of aliphatic hydroxyl groups is 1. The molecule has 0 spiro atoms. The molecule has 2 aromatic rings. The van der Waals surface area contributed by atoms with Gasteiger partial charge in [0.25, 0.3) is 0 Å². The molecular weight excluding hydrogens is 328 g/mol. The van der Waals surface area contributed by atoms with Crippen molar-refractivity contribution in [2.45, 2.75) is 13.0 Å². The number of hydrogen-bond donors (Lipinski definition) is 2. The van der Waals surface area contributed by atoms with Crippen LogP contribution < -0.4 is 0 Å². The quantitative estimate of drug-likeness (QED) is 0.660. The van der Waals surface area contributed by atoms with Gasteiger partial charge in [0.15, 0.2) is 11.9 Å². The van der Waals surface area contributed by atoms with E-state index in [1.165, 1.54) is 31.4 Å². The summed E-state index contributed by atoms with van der Waals surface area (Å²) in [5.41, 5.74) is 0.215. The number of hydrogen-bond acceptors (Lipinski definition) is 6. The summed E-state index contributed by atoms with van der Waals surface area (Å²) in [6.07, 6.45) is -1.57. The zero-order chi connectivity index (χ0) is 16.4. The fourth-order valence-corrected chi connectivity index (χ4v) is 3.13. The second-order valence-electron chi connectivity index (χ2n) is 4.51. The average Bonchev–Trinajstić information content (AvgIpc) is 2.80. The summed E-state index contributed by atoms with van der Waals surface area (Å²) in [6, 6.07) is 6.01. The first-order valence-corrected chi connectivity index (χ1v) is 7.44. The van der Waals surface area contributed by atoms with Gasteiger partial charge in [0, 0.05) is 15.5 Å². The first-order chi connectivity index (χ1) is 10.4. The van der Waals surface area contributed by atoms with Gasteiger partial charge in [0.05, 0.1) is 12.0 Å². The van der Waals surface area contributed by atoms with Gasteiger partial charge < -0.3 is 14.9 Å². The number of rotatable bonds is 4. The fraction of sp³-hybridized carbons (Fsp3) is 0.200. The van der Waals surface area contributed by atoms with Crippen LogP contribution in [0.4, 0.5) is 0 Å². The Morgan fingerprint density at radius 3 is 2.41 bits per heavy atom. The topological polar surface area (TPSA) is 83.8 Å². The van der Waals surface area contributed by atoms with Gasteiger partial charge in [0.1, 0.15) is 11.3 Å². The van der Waals surface area contributed by atoms with Gasteiger partial charge in [0.2, 0.25) is 0 Å². The number of thiophene rings is 1. The van der Waals surface area contributed by atoms with Crippen LogP contribution in [0, 0.1) is 6.92 Å². The molecule has 0 fully saturated rings. The van der Waals surface area contributed by atoms with Crippen molar-refractivity contribution >= 4 is 34.7 Å². The van der Waals surface area contributed by atoms with Gasteiger partial charge in [-0.1, -0.05) is 11.6 Å². The van der Waals surface area contributed by atoms with Crippen LogP contribution in [0.25, 0.3) is 0 Å². The molecule has 0 bridgehead atoms. The monoisotopic (exact) mass is 340 g/mol. The molecule has 0 radical (unpaired) electrons. The highest BCUT2D eigenvalue weighted by atomic mass is 35.5. The standard InChI is InChI=1S/C15H13ClO5S/c1-7-10(15(20)21-2)12(18)14(22-7)13(19)11(17)8-3-5-9(16)6-4-8/h3-6,13,18-19H,1-2H3/t13-/m0/s1. The molecule has 0 unspecified atom stereocenters. The number of aryl methyl sites for hydroxylation is 1. The molecule has 2 rings (SSSR count). The number of halogens is 1. The SMILES string of the molecule is COC(=O)c1c(C)sc([C@@H](O)C(=O)c2ccc(Cl)cc2)c1O. The Bertz CT molecular complexity index is 720. The van der Waals surface area contributed by atoms with Crippen LogP contribution in [-0.2, 0) is 4.74 Å². The number of esters is 1. The van der Waals surface area contributed by atoms with Crippen molar-refractivity contribution in [3.63, 3.8) is 0 Å². The maximum atomic E-state index is 12.3. The summed E-state index contributed by atoms with van der Waals surface area (Å²) in [5, 5.41) is 20.8. The lowest BCUT2D eigenvalue weighted by Crippen LogP contribution is -2.11. The Balaban J connectivity index is 2.37. The Kier molecular flexibility index (Phi) is 4.85. The van der Waals surface area contributed by atoms with Gasteiger partial charge >= 0.3 is 5.97 Å². The first kappa shape index (κ1) is 16.5. The van der Waals surface area contributed by atoms with Crippen molar-refractivity contribution in [3.8, 4) is 5.75 Å². The van der Waals surface area contributed by atoms with Crippen molar-refractivity contribution in [2.24, 2.45) is 0 Å². The van der Waals surface area contributed by atoms with E-state index in [4.69, 9.17) is 11.6 Å². The van der Waals surface area contributed by atoms with Crippen LogP contribution in [0.15, 0.2) is 24.3 Å². The molecule has 0 saturated heterocycles. The van der Waals surface area contributed by atoms with Crippen molar-refractivity contribution in [1.29, 1.82) is 0 Å². The normalized spacial score (nSPS) is 12.0. The number of carbonyl (C=O) groups is 2. The Morgan fingerprint density at radius 1 is 1.27 bits per heavy atom. The second kappa shape index (κ2) is 6.48. The Hall–Kier alpha value is -1.89. The minimum atomic E-state index is -1.57. The third-order valence-corrected chi connectivity index (χ3v) is 4.50. The van der Waals surface area contributed by atoms with Gasteiger partial charge in [-0.15, -0.1) is 11.3 Å². The van der Waals surface area contributed by atoms with Gasteiger partial charge in [-0.3, -0.25) is 4.79 Å². The van der Waals surface area contributed by atoms with Crippen molar-refractivity contribution in [1.82, 2.24) is 0 Å². The number of methoxy groups -OCH3 is 1. The van der Waals surface area contributed by atoms with E-state index < -0.39 is 23.6 Å². The van der Waals surface area contributed by atoms with Crippen molar-refractivity contribution in [2.75, 3.05) is 7.11 Å². The lowest BCUT2D eigenvalue weighted by atomic mass is 10.0. The van der Waals surface area contributed by atoms with E-state index in [0.717, 1.165) is 11.3 Å². The largest absolute Gasteiger partial charge is 0.506 e. The Morgan fingerprint density at radius 2 is 1.86 bits per heavy atom. The number of ketones is 1. The molecule has 1 aromatic carbocycles. The molecule has 1 atom stereocenters. The summed E-state index contributed by atoms with van der Waals surface area (Å²) >= 11 is 6.72. The maximum Gasteiger partial charge on any atom is 0.342 e. The zero-order valence-corrected chi connectivity index (χ0v) is 13.4. The zero-order valence-electron chi connectivity index (χ0n) is 11.8. The van der Waals surface area contributed by atoms with E-state index in [1.807, 2.05) is 0 Å². The van der Waals surface area contributed by atoms with Crippen LogP contribution in [0.2, 0.25) is 5.02 Å². The smallest absolute Gasteiger partial charge is 0.342 e. The molecule has 0 aliphatic heterocycles. The molecular formula is C15H13ClO5S. The average molecular weight is 341 g/mol. The van der Waals surface area contributed by atoms with E-state index in [9.17, 15) is 19.8 Å². The number of aliphatic hydroxyl groups excluding tert-OH is 1. The second-order valence-corrected chi connectivity index (χ2v) is 6.20. The van der Waals surface area contributed by atoms with Crippen LogP contribution in [0.3, 0.4) is 0 Å².